The highest BCUT2D eigenvalue weighted by Gasteiger charge is 2.40. The van der Waals surface area contributed by atoms with Gasteiger partial charge in [0.25, 0.3) is 0 Å². The first-order valence-electron chi connectivity index (χ1n) is 8.19. The van der Waals surface area contributed by atoms with E-state index in [1.807, 2.05) is 24.3 Å². The van der Waals surface area contributed by atoms with Crippen LogP contribution in [0.5, 0.6) is 0 Å². The van der Waals surface area contributed by atoms with Crippen molar-refractivity contribution in [2.45, 2.75) is 31.6 Å². The second-order valence-corrected chi connectivity index (χ2v) is 6.30. The first-order valence-corrected chi connectivity index (χ1v) is 8.19. The monoisotopic (exact) mass is 386 g/mol. The summed E-state index contributed by atoms with van der Waals surface area (Å²) < 4.78 is 79.7. The minimum absolute atomic E-state index is 0.137. The zero-order chi connectivity index (χ0) is 19.8. The number of nitrogen functional groups attached to an aromatic ring is 1. The second-order valence-electron chi connectivity index (χ2n) is 6.30. The van der Waals surface area contributed by atoms with Crippen LogP contribution >= 0.6 is 0 Å². The molecule has 2 nitrogen and oxygen atoms in total. The van der Waals surface area contributed by atoms with E-state index < -0.39 is 34.7 Å². The highest BCUT2D eigenvalue weighted by atomic mass is 19.4. The Bertz CT molecular complexity index is 918. The van der Waals surface area contributed by atoms with Crippen molar-refractivity contribution < 1.29 is 26.3 Å². The molecule has 0 radical (unpaired) electrons. The van der Waals surface area contributed by atoms with Crippen LogP contribution in [0, 0.1) is 0 Å². The van der Waals surface area contributed by atoms with Gasteiger partial charge in [0.05, 0.1) is 11.1 Å². The Morgan fingerprint density at radius 2 is 1.44 bits per heavy atom. The molecule has 1 heterocycles. The maximum absolute atomic E-state index is 13.3. The van der Waals surface area contributed by atoms with E-state index in [0.717, 1.165) is 16.5 Å². The predicted octanol–water partition coefficient (Wildman–Crippen LogP) is 5.96. The van der Waals surface area contributed by atoms with Crippen LogP contribution in [0.1, 0.15) is 28.7 Å². The third-order valence-corrected chi connectivity index (χ3v) is 4.43. The van der Waals surface area contributed by atoms with Gasteiger partial charge >= 0.3 is 12.4 Å². The molecule has 0 fully saturated rings. The molecule has 3 N–H and O–H groups in total. The average molecular weight is 386 g/mol. The summed E-state index contributed by atoms with van der Waals surface area (Å²) in [6.07, 6.45) is -7.97. The third kappa shape index (κ3) is 4.04. The largest absolute Gasteiger partial charge is 0.416 e. The molecule has 0 aliphatic carbocycles. The van der Waals surface area contributed by atoms with Gasteiger partial charge in [0, 0.05) is 22.8 Å². The third-order valence-electron chi connectivity index (χ3n) is 4.43. The van der Waals surface area contributed by atoms with Crippen LogP contribution in [0.15, 0.2) is 42.6 Å². The highest BCUT2D eigenvalue weighted by molar-refractivity contribution is 5.83. The van der Waals surface area contributed by atoms with Crippen molar-refractivity contribution in [2.75, 3.05) is 5.73 Å². The van der Waals surface area contributed by atoms with Crippen molar-refractivity contribution in [1.29, 1.82) is 0 Å². The fourth-order valence-corrected chi connectivity index (χ4v) is 3.26. The van der Waals surface area contributed by atoms with Gasteiger partial charge in [0.2, 0.25) is 0 Å². The van der Waals surface area contributed by atoms with Gasteiger partial charge in [-0.1, -0.05) is 18.2 Å². The minimum Gasteiger partial charge on any atom is -0.399 e. The topological polar surface area (TPSA) is 41.8 Å². The fourth-order valence-electron chi connectivity index (χ4n) is 3.26. The van der Waals surface area contributed by atoms with Gasteiger partial charge in [-0.15, -0.1) is 0 Å². The number of aryl methyl sites for hydroxylation is 1. The number of nitrogens with two attached hydrogens (primary N) is 1. The summed E-state index contributed by atoms with van der Waals surface area (Å²) in [5.41, 5.74) is 3.03. The molecule has 0 unspecified atom stereocenters. The van der Waals surface area contributed by atoms with Crippen LogP contribution in [0.3, 0.4) is 0 Å². The first-order chi connectivity index (χ1) is 12.6. The number of hydrogen-bond donors (Lipinski definition) is 2. The number of rotatable bonds is 4. The Hall–Kier alpha value is -2.64. The van der Waals surface area contributed by atoms with Crippen LogP contribution in [-0.2, 0) is 25.2 Å². The molecule has 2 aromatic carbocycles. The van der Waals surface area contributed by atoms with Crippen molar-refractivity contribution in [3.05, 3.63) is 64.8 Å². The standard InChI is InChI=1S/C19H16F6N2/c20-18(21,22)15-8-12(26)9-16(19(23,24)25)14(15)6-3-4-11-10-27-17-7-2-1-5-13(11)17/h1-2,5,7-10,27H,3-4,6,26H2. The van der Waals surface area contributed by atoms with Crippen LogP contribution in [0.25, 0.3) is 10.9 Å². The quantitative estimate of drug-likeness (QED) is 0.421. The second kappa shape index (κ2) is 6.83. The van der Waals surface area contributed by atoms with Crippen LogP contribution < -0.4 is 5.73 Å². The number of halogens is 6. The molecule has 0 amide bonds. The number of anilines is 1. The molecule has 0 bridgehead atoms. The molecule has 0 saturated carbocycles. The Labute approximate surface area is 151 Å². The van der Waals surface area contributed by atoms with Gasteiger partial charge < -0.3 is 10.7 Å². The number of alkyl halides is 6. The fraction of sp³-hybridized carbons (Fsp3) is 0.263. The smallest absolute Gasteiger partial charge is 0.399 e. The molecule has 27 heavy (non-hydrogen) atoms. The van der Waals surface area contributed by atoms with Gasteiger partial charge in [0.1, 0.15) is 0 Å². The van der Waals surface area contributed by atoms with E-state index in [0.29, 0.717) is 18.6 Å². The lowest BCUT2D eigenvalue weighted by Crippen LogP contribution is -2.17. The van der Waals surface area contributed by atoms with E-state index in [-0.39, 0.29) is 12.8 Å². The lowest BCUT2D eigenvalue weighted by molar-refractivity contribution is -0.144. The number of nitrogens with one attached hydrogen (secondary N) is 1. The Morgan fingerprint density at radius 3 is 2.04 bits per heavy atom. The molecular weight excluding hydrogens is 370 g/mol. The van der Waals surface area contributed by atoms with Gasteiger partial charge in [-0.3, -0.25) is 0 Å². The zero-order valence-electron chi connectivity index (χ0n) is 14.0. The number of benzene rings is 2. The van der Waals surface area contributed by atoms with E-state index in [1.165, 1.54) is 0 Å². The maximum Gasteiger partial charge on any atom is 0.416 e. The Balaban J connectivity index is 1.91. The van der Waals surface area contributed by atoms with Crippen molar-refractivity contribution in [1.82, 2.24) is 4.98 Å². The predicted molar refractivity (Wildman–Crippen MR) is 91.2 cm³/mol. The number of H-pyrrole nitrogens is 1. The van der Waals surface area contributed by atoms with E-state index >= 15 is 0 Å². The molecule has 0 atom stereocenters. The molecule has 0 spiro atoms. The highest BCUT2D eigenvalue weighted by Crippen LogP contribution is 2.41. The summed E-state index contributed by atoms with van der Waals surface area (Å²) in [6, 6.07) is 8.49. The Morgan fingerprint density at radius 1 is 0.852 bits per heavy atom. The molecular formula is C19H16F6N2. The number of aromatic amines is 1. The molecule has 0 aliphatic heterocycles. The average Bonchev–Trinajstić information content (AvgIpc) is 2.97. The summed E-state index contributed by atoms with van der Waals surface area (Å²) in [4.78, 5) is 3.04. The molecule has 8 heteroatoms. The van der Waals surface area contributed by atoms with Gasteiger partial charge in [-0.25, -0.2) is 0 Å². The van der Waals surface area contributed by atoms with E-state index in [2.05, 4.69) is 4.98 Å². The van der Waals surface area contributed by atoms with Gasteiger partial charge in [0.15, 0.2) is 0 Å². The molecule has 3 aromatic rings. The summed E-state index contributed by atoms with van der Waals surface area (Å²) in [7, 11) is 0. The van der Waals surface area contributed by atoms with E-state index in [4.69, 9.17) is 5.73 Å². The zero-order valence-corrected chi connectivity index (χ0v) is 14.0. The van der Waals surface area contributed by atoms with Crippen LogP contribution in [0.4, 0.5) is 32.0 Å². The molecule has 0 saturated heterocycles. The Kier molecular flexibility index (Phi) is 4.84. The summed E-state index contributed by atoms with van der Waals surface area (Å²) in [5.74, 6) is 0. The lowest BCUT2D eigenvalue weighted by atomic mass is 9.93. The molecule has 1 aromatic heterocycles. The van der Waals surface area contributed by atoms with Gasteiger partial charge in [-0.05, 0) is 48.6 Å². The number of hydrogen-bond acceptors (Lipinski definition) is 1. The SMILES string of the molecule is Nc1cc(C(F)(F)F)c(CCCc2c[nH]c3ccccc23)c(C(F)(F)F)c1. The lowest BCUT2D eigenvalue weighted by Gasteiger charge is -2.19. The van der Waals surface area contributed by atoms with E-state index in [9.17, 15) is 26.3 Å². The molecule has 3 rings (SSSR count). The van der Waals surface area contributed by atoms with E-state index in [1.54, 1.807) is 6.20 Å². The van der Waals surface area contributed by atoms with Crippen molar-refractivity contribution >= 4 is 16.6 Å². The number of aromatic nitrogens is 1. The maximum atomic E-state index is 13.3. The number of fused-ring (bicyclic) bond motifs is 1. The van der Waals surface area contributed by atoms with Crippen LogP contribution in [-0.4, -0.2) is 4.98 Å². The summed E-state index contributed by atoms with van der Waals surface area (Å²) in [6.45, 7) is 0. The van der Waals surface area contributed by atoms with Gasteiger partial charge in [-0.2, -0.15) is 26.3 Å². The van der Waals surface area contributed by atoms with Crippen molar-refractivity contribution in [3.8, 4) is 0 Å². The van der Waals surface area contributed by atoms with Crippen molar-refractivity contribution in [2.24, 2.45) is 0 Å². The first kappa shape index (κ1) is 19.1. The van der Waals surface area contributed by atoms with Crippen molar-refractivity contribution in [3.63, 3.8) is 0 Å². The summed E-state index contributed by atoms with van der Waals surface area (Å²) in [5, 5.41) is 0.905. The minimum atomic E-state index is -4.91. The summed E-state index contributed by atoms with van der Waals surface area (Å²) >= 11 is 0. The normalized spacial score (nSPS) is 12.7. The molecule has 144 valence electrons. The number of para-hydroxylation sites is 1. The van der Waals surface area contributed by atoms with Crippen LogP contribution in [0.2, 0.25) is 0 Å². The molecule has 0 aliphatic rings.